The molecule has 0 unspecified atom stereocenters. The summed E-state index contributed by atoms with van der Waals surface area (Å²) in [4.78, 5) is 8.20. The smallest absolute Gasteiger partial charge is 0.260 e. The van der Waals surface area contributed by atoms with Gasteiger partial charge in [-0.25, -0.2) is 4.98 Å². The van der Waals surface area contributed by atoms with Crippen LogP contribution in [-0.2, 0) is 6.61 Å². The first-order chi connectivity index (χ1) is 12.6. The van der Waals surface area contributed by atoms with Crippen molar-refractivity contribution in [1.29, 1.82) is 5.26 Å². The van der Waals surface area contributed by atoms with Gasteiger partial charge in [0.2, 0.25) is 5.75 Å². The van der Waals surface area contributed by atoms with Gasteiger partial charge in [0.05, 0.1) is 11.6 Å². The lowest BCUT2D eigenvalue weighted by Gasteiger charge is -2.11. The summed E-state index contributed by atoms with van der Waals surface area (Å²) < 4.78 is 5.63. The van der Waals surface area contributed by atoms with E-state index in [0.29, 0.717) is 28.3 Å². The quantitative estimate of drug-likeness (QED) is 0.858. The van der Waals surface area contributed by atoms with Gasteiger partial charge in [0, 0.05) is 10.6 Å². The standard InChI is InChI=1S/C20H16ClN3O2/c1-13-3-2-4-15(7-5-13)18-19(25)20(24-12-23-18)26-11-16-8-6-14(10-22)9-17(16)21/h2-3,5-9,12,25H,4,11H2,1H3. The second kappa shape index (κ2) is 7.85. The third-order valence-electron chi connectivity index (χ3n) is 3.91. The van der Waals surface area contributed by atoms with Crippen LogP contribution in [0, 0.1) is 11.3 Å². The molecule has 0 saturated heterocycles. The van der Waals surface area contributed by atoms with Crippen LogP contribution in [0.2, 0.25) is 5.02 Å². The predicted octanol–water partition coefficient (Wildman–Crippen LogP) is 4.58. The summed E-state index contributed by atoms with van der Waals surface area (Å²) in [6.07, 6.45) is 9.95. The van der Waals surface area contributed by atoms with Crippen molar-refractivity contribution in [3.05, 3.63) is 76.2 Å². The summed E-state index contributed by atoms with van der Waals surface area (Å²) >= 11 is 6.15. The normalized spacial score (nSPS) is 13.4. The molecule has 0 radical (unpaired) electrons. The maximum atomic E-state index is 10.5. The number of nitrogens with zero attached hydrogens (tertiary/aromatic N) is 3. The Bertz CT molecular complexity index is 972. The van der Waals surface area contributed by atoms with Gasteiger partial charge < -0.3 is 9.84 Å². The van der Waals surface area contributed by atoms with Gasteiger partial charge in [-0.1, -0.05) is 47.5 Å². The van der Waals surface area contributed by atoms with Crippen LogP contribution < -0.4 is 4.74 Å². The third-order valence-corrected chi connectivity index (χ3v) is 4.26. The van der Waals surface area contributed by atoms with Crippen LogP contribution in [0.5, 0.6) is 11.6 Å². The molecule has 1 aliphatic rings. The first kappa shape index (κ1) is 17.7. The number of rotatable bonds is 4. The van der Waals surface area contributed by atoms with Crippen molar-refractivity contribution in [2.45, 2.75) is 20.0 Å². The Balaban J connectivity index is 1.82. The molecule has 1 aliphatic carbocycles. The van der Waals surface area contributed by atoms with Crippen LogP contribution in [0.3, 0.4) is 0 Å². The first-order valence-electron chi connectivity index (χ1n) is 7.98. The molecule has 0 saturated carbocycles. The van der Waals surface area contributed by atoms with E-state index in [1.54, 1.807) is 18.2 Å². The van der Waals surface area contributed by atoms with E-state index in [9.17, 15) is 5.11 Å². The van der Waals surface area contributed by atoms with Crippen LogP contribution in [0.1, 0.15) is 30.2 Å². The van der Waals surface area contributed by atoms with Crippen molar-refractivity contribution < 1.29 is 9.84 Å². The molecule has 130 valence electrons. The number of nitriles is 1. The van der Waals surface area contributed by atoms with Crippen LogP contribution in [0.25, 0.3) is 5.57 Å². The summed E-state index contributed by atoms with van der Waals surface area (Å²) in [6, 6.07) is 6.97. The topological polar surface area (TPSA) is 79.0 Å². The fourth-order valence-corrected chi connectivity index (χ4v) is 2.72. The highest BCUT2D eigenvalue weighted by atomic mass is 35.5. The number of aromatic hydroxyl groups is 1. The second-order valence-electron chi connectivity index (χ2n) is 5.79. The monoisotopic (exact) mass is 365 g/mol. The van der Waals surface area contributed by atoms with Gasteiger partial charge >= 0.3 is 0 Å². The minimum absolute atomic E-state index is 0.0882. The summed E-state index contributed by atoms with van der Waals surface area (Å²) in [6.45, 7) is 2.12. The Kier molecular flexibility index (Phi) is 5.35. The zero-order valence-corrected chi connectivity index (χ0v) is 14.9. The largest absolute Gasteiger partial charge is 0.502 e. The van der Waals surface area contributed by atoms with E-state index in [4.69, 9.17) is 21.6 Å². The highest BCUT2D eigenvalue weighted by Gasteiger charge is 2.15. The van der Waals surface area contributed by atoms with Gasteiger partial charge in [0.25, 0.3) is 5.88 Å². The van der Waals surface area contributed by atoms with Crippen LogP contribution in [0.15, 0.2) is 54.4 Å². The lowest BCUT2D eigenvalue weighted by molar-refractivity contribution is 0.275. The molecule has 3 rings (SSSR count). The molecule has 0 spiro atoms. The fraction of sp³-hybridized carbons (Fsp3) is 0.150. The van der Waals surface area contributed by atoms with E-state index in [1.807, 2.05) is 37.3 Å². The molecule has 1 N–H and O–H groups in total. The van der Waals surface area contributed by atoms with E-state index in [2.05, 4.69) is 9.97 Å². The molecule has 26 heavy (non-hydrogen) atoms. The van der Waals surface area contributed by atoms with Crippen LogP contribution in [0.4, 0.5) is 0 Å². The molecule has 2 aromatic rings. The number of hydrogen-bond acceptors (Lipinski definition) is 5. The molecule has 0 aliphatic heterocycles. The maximum absolute atomic E-state index is 10.5. The first-order valence-corrected chi connectivity index (χ1v) is 8.36. The van der Waals surface area contributed by atoms with Crippen molar-refractivity contribution in [3.8, 4) is 17.7 Å². The Morgan fingerprint density at radius 3 is 2.92 bits per heavy atom. The van der Waals surface area contributed by atoms with Gasteiger partial charge in [-0.2, -0.15) is 10.2 Å². The van der Waals surface area contributed by atoms with E-state index in [-0.39, 0.29) is 18.2 Å². The third kappa shape index (κ3) is 3.93. The Morgan fingerprint density at radius 2 is 2.15 bits per heavy atom. The van der Waals surface area contributed by atoms with Crippen LogP contribution in [-0.4, -0.2) is 15.1 Å². The second-order valence-corrected chi connectivity index (χ2v) is 6.20. The predicted molar refractivity (Wildman–Crippen MR) is 99.7 cm³/mol. The van der Waals surface area contributed by atoms with Gasteiger partial charge in [0.1, 0.15) is 18.6 Å². The Labute approximate surface area is 156 Å². The van der Waals surface area contributed by atoms with E-state index in [0.717, 1.165) is 11.1 Å². The van der Waals surface area contributed by atoms with Crippen molar-refractivity contribution in [2.24, 2.45) is 0 Å². The Hall–Kier alpha value is -3.10. The van der Waals surface area contributed by atoms with Gasteiger partial charge in [-0.3, -0.25) is 0 Å². The fourth-order valence-electron chi connectivity index (χ4n) is 2.49. The molecule has 0 bridgehead atoms. The number of allylic oxidation sites excluding steroid dienone is 6. The molecular weight excluding hydrogens is 350 g/mol. The van der Waals surface area contributed by atoms with E-state index < -0.39 is 0 Å². The summed E-state index contributed by atoms with van der Waals surface area (Å²) in [7, 11) is 0. The molecule has 5 nitrogen and oxygen atoms in total. The van der Waals surface area contributed by atoms with Crippen molar-refractivity contribution in [2.75, 3.05) is 0 Å². The van der Waals surface area contributed by atoms with Gasteiger partial charge in [-0.15, -0.1) is 0 Å². The zero-order chi connectivity index (χ0) is 18.5. The molecule has 1 aromatic heterocycles. The number of ether oxygens (including phenoxy) is 1. The maximum Gasteiger partial charge on any atom is 0.260 e. The Morgan fingerprint density at radius 1 is 1.31 bits per heavy atom. The van der Waals surface area contributed by atoms with Crippen molar-refractivity contribution in [1.82, 2.24) is 9.97 Å². The highest BCUT2D eigenvalue weighted by Crippen LogP contribution is 2.33. The number of halogens is 1. The molecular formula is C20H16ClN3O2. The van der Waals surface area contributed by atoms with Gasteiger partial charge in [-0.05, 0) is 31.1 Å². The average Bonchev–Trinajstić information content (AvgIpc) is 2.86. The average molecular weight is 366 g/mol. The molecule has 0 amide bonds. The SMILES string of the molecule is CC1=CC=C(c2ncnc(OCc3ccc(C#N)cc3Cl)c2O)CC=C1. The minimum atomic E-state index is -0.107. The zero-order valence-electron chi connectivity index (χ0n) is 14.1. The summed E-state index contributed by atoms with van der Waals surface area (Å²) in [5, 5.41) is 19.8. The number of hydrogen-bond donors (Lipinski definition) is 1. The van der Waals surface area contributed by atoms with E-state index >= 15 is 0 Å². The molecule has 0 atom stereocenters. The minimum Gasteiger partial charge on any atom is -0.502 e. The van der Waals surface area contributed by atoms with Crippen molar-refractivity contribution >= 4 is 17.2 Å². The van der Waals surface area contributed by atoms with Crippen molar-refractivity contribution in [3.63, 3.8) is 0 Å². The summed E-state index contributed by atoms with van der Waals surface area (Å²) in [5.74, 6) is -0.0184. The number of benzene rings is 1. The number of aromatic nitrogens is 2. The highest BCUT2D eigenvalue weighted by molar-refractivity contribution is 6.31. The van der Waals surface area contributed by atoms with Crippen LogP contribution >= 0.6 is 11.6 Å². The summed E-state index contributed by atoms with van der Waals surface area (Å²) in [5.41, 5.74) is 3.61. The molecule has 1 aromatic carbocycles. The van der Waals surface area contributed by atoms with Gasteiger partial charge in [0.15, 0.2) is 0 Å². The lowest BCUT2D eigenvalue weighted by Crippen LogP contribution is -2.01. The van der Waals surface area contributed by atoms with E-state index in [1.165, 1.54) is 6.33 Å². The molecule has 1 heterocycles. The molecule has 6 heteroatoms. The lowest BCUT2D eigenvalue weighted by atomic mass is 10.1. The molecule has 0 fully saturated rings.